The molecule has 7 nitrogen and oxygen atoms in total. The molecule has 0 amide bonds. The van der Waals surface area contributed by atoms with Gasteiger partial charge < -0.3 is 9.84 Å². The maximum absolute atomic E-state index is 13.2. The fourth-order valence-electron chi connectivity index (χ4n) is 5.80. The minimum Gasteiger partial charge on any atom is -0.491 e. The molecular formula is C31H38FN5O2S. The number of thiazole rings is 1. The number of fused-ring (bicyclic) bond motifs is 1. The van der Waals surface area contributed by atoms with Crippen molar-refractivity contribution in [1.29, 1.82) is 0 Å². The van der Waals surface area contributed by atoms with Gasteiger partial charge in [0, 0.05) is 63.0 Å². The van der Waals surface area contributed by atoms with Crippen molar-refractivity contribution in [3.8, 4) is 16.9 Å². The van der Waals surface area contributed by atoms with Gasteiger partial charge in [-0.25, -0.2) is 9.37 Å². The molecule has 2 aromatic carbocycles. The third-order valence-electron chi connectivity index (χ3n) is 8.16. The lowest BCUT2D eigenvalue weighted by molar-refractivity contribution is 0.0453. The quantitative estimate of drug-likeness (QED) is 0.279. The lowest BCUT2D eigenvalue weighted by Crippen LogP contribution is -2.49. The van der Waals surface area contributed by atoms with Crippen molar-refractivity contribution in [3.63, 3.8) is 0 Å². The van der Waals surface area contributed by atoms with Crippen molar-refractivity contribution in [2.24, 2.45) is 0 Å². The molecule has 2 fully saturated rings. The molecule has 1 aliphatic carbocycles. The average Bonchev–Trinajstić information content (AvgIpc) is 3.64. The molecule has 0 bridgehead atoms. The second kappa shape index (κ2) is 12.8. The number of piperazine rings is 1. The Bertz CT molecular complexity index is 1380. The fourth-order valence-corrected chi connectivity index (χ4v) is 6.92. The molecule has 1 saturated carbocycles. The van der Waals surface area contributed by atoms with Gasteiger partial charge in [0.2, 0.25) is 0 Å². The van der Waals surface area contributed by atoms with Crippen LogP contribution in [0.4, 0.5) is 4.39 Å². The van der Waals surface area contributed by atoms with E-state index in [1.165, 1.54) is 53.9 Å². The second-order valence-electron chi connectivity index (χ2n) is 11.1. The van der Waals surface area contributed by atoms with E-state index in [1.54, 1.807) is 12.1 Å². The number of nitrogens with zero attached hydrogens (tertiary/aromatic N) is 5. The summed E-state index contributed by atoms with van der Waals surface area (Å²) in [7, 11) is 0. The molecule has 2 aliphatic rings. The largest absolute Gasteiger partial charge is 0.491 e. The topological polar surface area (TPSA) is 66.7 Å². The smallest absolute Gasteiger partial charge is 0.123 e. The van der Waals surface area contributed by atoms with Crippen molar-refractivity contribution in [1.82, 2.24) is 24.6 Å². The number of halogens is 1. The van der Waals surface area contributed by atoms with Crippen molar-refractivity contribution in [2.45, 2.75) is 50.7 Å². The number of aromatic nitrogens is 3. The minimum atomic E-state index is -0.538. The zero-order chi connectivity index (χ0) is 27.3. The van der Waals surface area contributed by atoms with Crippen LogP contribution in [0, 0.1) is 5.82 Å². The first-order valence-electron chi connectivity index (χ1n) is 14.5. The van der Waals surface area contributed by atoms with Gasteiger partial charge in [-0.3, -0.25) is 14.5 Å². The van der Waals surface area contributed by atoms with Gasteiger partial charge in [0.25, 0.3) is 0 Å². The van der Waals surface area contributed by atoms with Crippen LogP contribution in [0.25, 0.3) is 21.3 Å². The van der Waals surface area contributed by atoms with Crippen LogP contribution in [-0.2, 0) is 6.54 Å². The Morgan fingerprint density at radius 3 is 2.52 bits per heavy atom. The van der Waals surface area contributed by atoms with Gasteiger partial charge in [-0.2, -0.15) is 5.10 Å². The predicted octanol–water partition coefficient (Wildman–Crippen LogP) is 5.40. The first-order chi connectivity index (χ1) is 19.6. The van der Waals surface area contributed by atoms with Gasteiger partial charge in [-0.05, 0) is 42.7 Å². The second-order valence-corrected chi connectivity index (χ2v) is 12.2. The third-order valence-corrected chi connectivity index (χ3v) is 9.36. The maximum Gasteiger partial charge on any atom is 0.123 e. The highest BCUT2D eigenvalue weighted by atomic mass is 32.1. The fraction of sp³-hybridized carbons (Fsp3) is 0.484. The van der Waals surface area contributed by atoms with Crippen LogP contribution in [0.1, 0.15) is 43.0 Å². The summed E-state index contributed by atoms with van der Waals surface area (Å²) in [4.78, 5) is 9.67. The van der Waals surface area contributed by atoms with Gasteiger partial charge in [0.15, 0.2) is 0 Å². The molecule has 6 rings (SSSR count). The highest BCUT2D eigenvalue weighted by molar-refractivity contribution is 7.18. The SMILES string of the molecule is O[C@H](COc1ccc2sc(C3CCCCC3)nc2c1)CN1CCN(CCn2cc(-c3ccc(F)cc3)cn2)CC1. The summed E-state index contributed by atoms with van der Waals surface area (Å²) in [6.07, 6.45) is 9.80. The molecule has 4 aromatic rings. The number of aliphatic hydroxyl groups is 1. The van der Waals surface area contributed by atoms with Crippen LogP contribution in [0.15, 0.2) is 54.9 Å². The minimum absolute atomic E-state index is 0.230. The van der Waals surface area contributed by atoms with Crippen LogP contribution < -0.4 is 4.74 Å². The zero-order valence-electron chi connectivity index (χ0n) is 22.9. The molecule has 1 saturated heterocycles. The van der Waals surface area contributed by atoms with Gasteiger partial charge >= 0.3 is 0 Å². The van der Waals surface area contributed by atoms with E-state index in [0.29, 0.717) is 12.5 Å². The van der Waals surface area contributed by atoms with Crippen molar-refractivity contribution >= 4 is 21.6 Å². The van der Waals surface area contributed by atoms with Gasteiger partial charge in [0.1, 0.15) is 24.3 Å². The lowest BCUT2D eigenvalue weighted by Gasteiger charge is -2.35. The molecule has 40 heavy (non-hydrogen) atoms. The standard InChI is InChI=1S/C31H38FN5O2S/c32-26-8-6-23(7-9-26)25-19-33-37(20-25)17-16-35-12-14-36(15-13-35)21-27(38)22-39-28-10-11-30-29(18-28)34-31(40-30)24-4-2-1-3-5-24/h6-11,18-20,24,27,38H,1-5,12-17,21-22H2/t27-/m0/s1. The molecule has 212 valence electrons. The molecule has 9 heteroatoms. The van der Waals surface area contributed by atoms with E-state index < -0.39 is 6.10 Å². The Hall–Kier alpha value is -2.85. The zero-order valence-corrected chi connectivity index (χ0v) is 23.7. The molecular weight excluding hydrogens is 525 g/mol. The van der Waals surface area contributed by atoms with Crippen molar-refractivity contribution in [2.75, 3.05) is 45.9 Å². The summed E-state index contributed by atoms with van der Waals surface area (Å²) in [5, 5.41) is 16.4. The monoisotopic (exact) mass is 563 g/mol. The van der Waals surface area contributed by atoms with Crippen LogP contribution in [-0.4, -0.2) is 81.7 Å². The van der Waals surface area contributed by atoms with Gasteiger partial charge in [-0.1, -0.05) is 31.4 Å². The maximum atomic E-state index is 13.2. The Labute approximate surface area is 239 Å². The van der Waals surface area contributed by atoms with E-state index in [1.807, 2.05) is 40.5 Å². The molecule has 1 aliphatic heterocycles. The van der Waals surface area contributed by atoms with Crippen molar-refractivity contribution < 1.29 is 14.2 Å². The summed E-state index contributed by atoms with van der Waals surface area (Å²) >= 11 is 1.82. The molecule has 2 aromatic heterocycles. The number of benzene rings is 2. The summed E-state index contributed by atoms with van der Waals surface area (Å²) in [6, 6.07) is 12.6. The van der Waals surface area contributed by atoms with Crippen LogP contribution in [0.3, 0.4) is 0 Å². The van der Waals surface area contributed by atoms with Crippen LogP contribution in [0.2, 0.25) is 0 Å². The molecule has 1 N–H and O–H groups in total. The highest BCUT2D eigenvalue weighted by Gasteiger charge is 2.21. The van der Waals surface area contributed by atoms with E-state index >= 15 is 0 Å². The third kappa shape index (κ3) is 6.89. The highest BCUT2D eigenvalue weighted by Crippen LogP contribution is 2.37. The van der Waals surface area contributed by atoms with Crippen LogP contribution in [0.5, 0.6) is 5.75 Å². The first kappa shape index (κ1) is 27.3. The number of hydrogen-bond donors (Lipinski definition) is 1. The first-order valence-corrected chi connectivity index (χ1v) is 15.4. The number of aliphatic hydroxyl groups excluding tert-OH is 1. The molecule has 0 radical (unpaired) electrons. The van der Waals surface area contributed by atoms with Crippen molar-refractivity contribution in [3.05, 3.63) is 65.7 Å². The van der Waals surface area contributed by atoms with Gasteiger partial charge in [0.05, 0.1) is 28.0 Å². The predicted molar refractivity (Wildman–Crippen MR) is 157 cm³/mol. The molecule has 0 spiro atoms. The summed E-state index contributed by atoms with van der Waals surface area (Å²) in [5.74, 6) is 1.16. The molecule has 3 heterocycles. The Morgan fingerprint density at radius 1 is 0.950 bits per heavy atom. The van der Waals surface area contributed by atoms with E-state index in [-0.39, 0.29) is 12.4 Å². The summed E-state index contributed by atoms with van der Waals surface area (Å²) < 4.78 is 22.3. The number of β-amino-alcohol motifs (C(OH)–C–C–N with tert-alkyl or cyclic N) is 1. The van der Waals surface area contributed by atoms with Gasteiger partial charge in [-0.15, -0.1) is 11.3 Å². The molecule has 1 atom stereocenters. The van der Waals surface area contributed by atoms with Crippen LogP contribution >= 0.6 is 11.3 Å². The number of rotatable bonds is 10. The van der Waals surface area contributed by atoms with E-state index in [4.69, 9.17) is 9.72 Å². The Balaban J connectivity index is 0.914. The number of hydrogen-bond acceptors (Lipinski definition) is 7. The van der Waals surface area contributed by atoms with E-state index in [0.717, 1.165) is 61.7 Å². The van der Waals surface area contributed by atoms with E-state index in [9.17, 15) is 9.50 Å². The average molecular weight is 564 g/mol. The molecule has 0 unspecified atom stereocenters. The Kier molecular flexibility index (Phi) is 8.72. The number of ether oxygens (including phenoxy) is 1. The van der Waals surface area contributed by atoms with E-state index in [2.05, 4.69) is 21.0 Å². The normalized spacial score (nSPS) is 18.4. The Morgan fingerprint density at radius 2 is 1.73 bits per heavy atom. The lowest BCUT2D eigenvalue weighted by atomic mass is 9.90. The summed E-state index contributed by atoms with van der Waals surface area (Å²) in [5.41, 5.74) is 2.98. The summed E-state index contributed by atoms with van der Waals surface area (Å²) in [6.45, 7) is 6.39.